The van der Waals surface area contributed by atoms with Gasteiger partial charge in [-0.1, -0.05) is 30.3 Å². The largest absolute Gasteiger partial charge is 0.495 e. The van der Waals surface area contributed by atoms with Crippen molar-refractivity contribution in [1.82, 2.24) is 0 Å². The van der Waals surface area contributed by atoms with Crippen LogP contribution in [0.1, 0.15) is 31.1 Å². The standard InChI is InChI=1S/C17H19BO4/c1-4-20-16(19)13-9-5-7-12-8-6-10-14(15(12)13)18-21-11-17(2,3)22-18/h5-10H,4,11H2,1-3H3. The first kappa shape index (κ1) is 15.1. The van der Waals surface area contributed by atoms with E-state index in [0.29, 0.717) is 18.8 Å². The van der Waals surface area contributed by atoms with Crippen molar-refractivity contribution >= 4 is 29.3 Å². The van der Waals surface area contributed by atoms with Crippen LogP contribution in [0, 0.1) is 0 Å². The Labute approximate surface area is 130 Å². The quantitative estimate of drug-likeness (QED) is 0.645. The Morgan fingerprint density at radius 3 is 2.64 bits per heavy atom. The second kappa shape index (κ2) is 5.74. The molecule has 0 amide bonds. The molecule has 2 aromatic rings. The number of carbonyl (C=O) groups excluding carboxylic acids is 1. The average molecular weight is 298 g/mol. The van der Waals surface area contributed by atoms with E-state index in [0.717, 1.165) is 16.2 Å². The van der Waals surface area contributed by atoms with Gasteiger partial charge in [0.2, 0.25) is 0 Å². The lowest BCUT2D eigenvalue weighted by Crippen LogP contribution is -2.35. The molecule has 0 aliphatic carbocycles. The molecule has 0 radical (unpaired) electrons. The first-order valence-corrected chi connectivity index (χ1v) is 7.50. The minimum absolute atomic E-state index is 0.321. The molecular weight excluding hydrogens is 279 g/mol. The molecule has 4 nitrogen and oxygen atoms in total. The van der Waals surface area contributed by atoms with Crippen LogP contribution in [-0.2, 0) is 14.0 Å². The number of hydrogen-bond acceptors (Lipinski definition) is 4. The van der Waals surface area contributed by atoms with Crippen LogP contribution in [0.15, 0.2) is 36.4 Å². The van der Waals surface area contributed by atoms with Crippen molar-refractivity contribution in [1.29, 1.82) is 0 Å². The van der Waals surface area contributed by atoms with E-state index < -0.39 is 7.12 Å². The highest BCUT2D eigenvalue weighted by atomic mass is 16.7. The van der Waals surface area contributed by atoms with Gasteiger partial charge in [0.25, 0.3) is 0 Å². The van der Waals surface area contributed by atoms with Gasteiger partial charge in [0, 0.05) is 0 Å². The zero-order valence-electron chi connectivity index (χ0n) is 13.1. The second-order valence-electron chi connectivity index (χ2n) is 5.99. The molecule has 0 aromatic heterocycles. The summed E-state index contributed by atoms with van der Waals surface area (Å²) in [5.41, 5.74) is 1.09. The van der Waals surface area contributed by atoms with Gasteiger partial charge in [0.15, 0.2) is 0 Å². The van der Waals surface area contributed by atoms with Gasteiger partial charge in [-0.3, -0.25) is 0 Å². The summed E-state index contributed by atoms with van der Waals surface area (Å²) in [5, 5.41) is 1.81. The molecule has 114 valence electrons. The van der Waals surface area contributed by atoms with E-state index in [-0.39, 0.29) is 11.6 Å². The van der Waals surface area contributed by atoms with Gasteiger partial charge in [0.1, 0.15) is 0 Å². The summed E-state index contributed by atoms with van der Waals surface area (Å²) in [4.78, 5) is 12.2. The summed E-state index contributed by atoms with van der Waals surface area (Å²) in [7, 11) is -0.464. The Kier molecular flexibility index (Phi) is 3.93. The zero-order valence-corrected chi connectivity index (χ0v) is 13.1. The van der Waals surface area contributed by atoms with E-state index in [2.05, 4.69) is 0 Å². The molecule has 0 atom stereocenters. The average Bonchev–Trinajstić information content (AvgIpc) is 2.86. The summed E-state index contributed by atoms with van der Waals surface area (Å²) in [5.74, 6) is -0.321. The number of esters is 1. The first-order valence-electron chi connectivity index (χ1n) is 7.50. The molecule has 0 spiro atoms. The molecule has 1 saturated heterocycles. The van der Waals surface area contributed by atoms with E-state index in [9.17, 15) is 4.79 Å². The summed E-state index contributed by atoms with van der Waals surface area (Å²) in [6.07, 6.45) is 0. The van der Waals surface area contributed by atoms with Crippen molar-refractivity contribution in [2.45, 2.75) is 26.4 Å². The maximum atomic E-state index is 12.2. The van der Waals surface area contributed by atoms with Crippen molar-refractivity contribution in [2.24, 2.45) is 0 Å². The maximum absolute atomic E-state index is 12.2. The molecule has 1 heterocycles. The van der Waals surface area contributed by atoms with Crippen molar-refractivity contribution < 1.29 is 18.8 Å². The van der Waals surface area contributed by atoms with Gasteiger partial charge in [-0.15, -0.1) is 0 Å². The summed E-state index contributed by atoms with van der Waals surface area (Å²) >= 11 is 0. The highest BCUT2D eigenvalue weighted by Crippen LogP contribution is 2.24. The highest BCUT2D eigenvalue weighted by molar-refractivity contribution is 6.65. The Hall–Kier alpha value is -1.85. The van der Waals surface area contributed by atoms with Gasteiger partial charge in [0.05, 0.1) is 24.4 Å². The van der Waals surface area contributed by atoms with Gasteiger partial charge >= 0.3 is 13.1 Å². The molecule has 3 rings (SSSR count). The van der Waals surface area contributed by atoms with E-state index in [4.69, 9.17) is 14.0 Å². The fraction of sp³-hybridized carbons (Fsp3) is 0.353. The van der Waals surface area contributed by atoms with Crippen LogP contribution in [-0.4, -0.2) is 31.9 Å². The number of rotatable bonds is 3. The summed E-state index contributed by atoms with van der Waals surface area (Å²) in [6.45, 7) is 6.65. The molecule has 1 aliphatic rings. The molecule has 22 heavy (non-hydrogen) atoms. The van der Waals surface area contributed by atoms with Crippen LogP contribution < -0.4 is 5.46 Å². The molecule has 2 aromatic carbocycles. The van der Waals surface area contributed by atoms with E-state index in [1.54, 1.807) is 13.0 Å². The fourth-order valence-corrected chi connectivity index (χ4v) is 2.73. The lowest BCUT2D eigenvalue weighted by Gasteiger charge is -2.17. The third-order valence-corrected chi connectivity index (χ3v) is 3.69. The number of benzene rings is 2. The van der Waals surface area contributed by atoms with E-state index in [1.165, 1.54) is 0 Å². The Balaban J connectivity index is 2.12. The summed E-state index contributed by atoms with van der Waals surface area (Å²) < 4.78 is 16.9. The lowest BCUT2D eigenvalue weighted by atomic mass is 9.75. The lowest BCUT2D eigenvalue weighted by molar-refractivity contribution is 0.0529. The van der Waals surface area contributed by atoms with E-state index in [1.807, 2.05) is 44.2 Å². The van der Waals surface area contributed by atoms with Crippen LogP contribution in [0.2, 0.25) is 0 Å². The molecule has 1 aliphatic heterocycles. The maximum Gasteiger partial charge on any atom is 0.495 e. The minimum Gasteiger partial charge on any atom is -0.462 e. The Bertz CT molecular complexity index is 706. The third-order valence-electron chi connectivity index (χ3n) is 3.69. The second-order valence-corrected chi connectivity index (χ2v) is 5.99. The topological polar surface area (TPSA) is 44.8 Å². The van der Waals surface area contributed by atoms with Crippen LogP contribution in [0.4, 0.5) is 0 Å². The smallest absolute Gasteiger partial charge is 0.462 e. The van der Waals surface area contributed by atoms with Gasteiger partial charge < -0.3 is 14.0 Å². The van der Waals surface area contributed by atoms with Crippen molar-refractivity contribution in [3.63, 3.8) is 0 Å². The number of ether oxygens (including phenoxy) is 1. The van der Waals surface area contributed by atoms with Crippen LogP contribution >= 0.6 is 0 Å². The van der Waals surface area contributed by atoms with E-state index >= 15 is 0 Å². The fourth-order valence-electron chi connectivity index (χ4n) is 2.73. The van der Waals surface area contributed by atoms with Crippen LogP contribution in [0.3, 0.4) is 0 Å². The summed E-state index contributed by atoms with van der Waals surface area (Å²) in [6, 6.07) is 11.5. The monoisotopic (exact) mass is 298 g/mol. The molecule has 0 unspecified atom stereocenters. The normalized spacial score (nSPS) is 17.0. The third kappa shape index (κ3) is 2.74. The Morgan fingerprint density at radius 1 is 1.27 bits per heavy atom. The Morgan fingerprint density at radius 2 is 2.00 bits per heavy atom. The molecule has 5 heteroatoms. The first-order chi connectivity index (χ1) is 10.5. The number of hydrogen-bond donors (Lipinski definition) is 0. The van der Waals surface area contributed by atoms with Crippen LogP contribution in [0.5, 0.6) is 0 Å². The molecule has 0 saturated carbocycles. The van der Waals surface area contributed by atoms with Crippen molar-refractivity contribution in [3.8, 4) is 0 Å². The number of carbonyl (C=O) groups is 1. The number of fused-ring (bicyclic) bond motifs is 1. The molecular formula is C17H19BO4. The van der Waals surface area contributed by atoms with Crippen LogP contribution in [0.25, 0.3) is 10.8 Å². The molecule has 0 N–H and O–H groups in total. The SMILES string of the molecule is CCOC(=O)c1cccc2cccc(B3OCC(C)(C)O3)c12. The van der Waals surface area contributed by atoms with Gasteiger partial charge in [-0.05, 0) is 43.1 Å². The molecule has 0 bridgehead atoms. The zero-order chi connectivity index (χ0) is 15.7. The minimum atomic E-state index is -0.464. The molecule has 1 fully saturated rings. The van der Waals surface area contributed by atoms with Crippen molar-refractivity contribution in [3.05, 3.63) is 42.0 Å². The predicted molar refractivity (Wildman–Crippen MR) is 86.4 cm³/mol. The highest BCUT2D eigenvalue weighted by Gasteiger charge is 2.39. The van der Waals surface area contributed by atoms with Gasteiger partial charge in [-0.2, -0.15) is 0 Å². The van der Waals surface area contributed by atoms with Crippen molar-refractivity contribution in [2.75, 3.05) is 13.2 Å². The van der Waals surface area contributed by atoms with Gasteiger partial charge in [-0.25, -0.2) is 4.79 Å². The predicted octanol–water partition coefficient (Wildman–Crippen LogP) is 2.54.